The summed E-state index contributed by atoms with van der Waals surface area (Å²) in [6, 6.07) is 15.3. The monoisotopic (exact) mass is 359 g/mol. The first-order chi connectivity index (χ1) is 12.9. The number of amides is 1. The summed E-state index contributed by atoms with van der Waals surface area (Å²) in [4.78, 5) is 21.5. The molecule has 5 heteroatoms. The van der Waals surface area contributed by atoms with Crippen molar-refractivity contribution in [1.29, 1.82) is 0 Å². The first kappa shape index (κ1) is 17.2. The summed E-state index contributed by atoms with van der Waals surface area (Å²) in [5.74, 6) is 0.592. The number of aromatic nitrogens is 2. The van der Waals surface area contributed by atoms with Gasteiger partial charge in [-0.05, 0) is 29.8 Å². The van der Waals surface area contributed by atoms with Crippen molar-refractivity contribution in [3.05, 3.63) is 66.2 Å². The molecule has 0 saturated carbocycles. The minimum atomic E-state index is -0.163. The van der Waals surface area contributed by atoms with E-state index in [2.05, 4.69) is 36.1 Å². The zero-order chi connectivity index (χ0) is 19.0. The third-order valence-corrected chi connectivity index (χ3v) is 4.38. The molecule has 0 saturated heterocycles. The van der Waals surface area contributed by atoms with Crippen molar-refractivity contribution in [3.63, 3.8) is 0 Å². The highest BCUT2D eigenvalue weighted by Gasteiger charge is 2.21. The van der Waals surface area contributed by atoms with E-state index in [9.17, 15) is 4.79 Å². The Bertz CT molecular complexity index is 1130. The van der Waals surface area contributed by atoms with Gasteiger partial charge in [0.05, 0.1) is 11.9 Å². The number of oxazole rings is 1. The Labute approximate surface area is 157 Å². The minimum absolute atomic E-state index is 0.0907. The van der Waals surface area contributed by atoms with Crippen LogP contribution in [0.15, 0.2) is 59.1 Å². The van der Waals surface area contributed by atoms with Crippen molar-refractivity contribution < 1.29 is 9.21 Å². The summed E-state index contributed by atoms with van der Waals surface area (Å²) >= 11 is 0. The van der Waals surface area contributed by atoms with Crippen molar-refractivity contribution in [1.82, 2.24) is 9.97 Å². The number of rotatable bonds is 3. The summed E-state index contributed by atoms with van der Waals surface area (Å²) in [6.45, 7) is 6.16. The fraction of sp³-hybridized carbons (Fsp3) is 0.227. The van der Waals surface area contributed by atoms with Gasteiger partial charge in [0.25, 0.3) is 0 Å². The Hall–Kier alpha value is -3.21. The maximum Gasteiger partial charge on any atom is 0.228 e. The van der Waals surface area contributed by atoms with Crippen LogP contribution >= 0.6 is 0 Å². The Morgan fingerprint density at radius 1 is 1.11 bits per heavy atom. The Kier molecular flexibility index (Phi) is 4.15. The van der Waals surface area contributed by atoms with Gasteiger partial charge in [-0.3, -0.25) is 9.78 Å². The number of hydrogen-bond donors (Lipinski definition) is 1. The molecule has 1 N–H and O–H groups in total. The molecule has 4 aromatic rings. The summed E-state index contributed by atoms with van der Waals surface area (Å²) in [6.07, 6.45) is 2.01. The molecule has 0 atom stereocenters. The van der Waals surface area contributed by atoms with Crippen LogP contribution in [0.3, 0.4) is 0 Å². The van der Waals surface area contributed by atoms with Crippen LogP contribution in [0.5, 0.6) is 0 Å². The standard InChI is InChI=1S/C22H21N3O2/c1-22(2,3)21-25-17-13-16(9-10-18(17)27-21)24-19(26)12-15-7-4-6-14-8-5-11-23-20(14)15/h4-11,13H,12H2,1-3H3,(H,24,26). The van der Waals surface area contributed by atoms with E-state index in [1.807, 2.05) is 48.5 Å². The molecule has 0 fully saturated rings. The number of carbonyl (C=O) groups is 1. The summed E-state index contributed by atoms with van der Waals surface area (Å²) < 4.78 is 5.80. The highest BCUT2D eigenvalue weighted by molar-refractivity contribution is 5.96. The van der Waals surface area contributed by atoms with Gasteiger partial charge < -0.3 is 9.73 Å². The topological polar surface area (TPSA) is 68.0 Å². The van der Waals surface area contributed by atoms with Crippen LogP contribution < -0.4 is 5.32 Å². The minimum Gasteiger partial charge on any atom is -0.440 e. The van der Waals surface area contributed by atoms with E-state index in [0.717, 1.165) is 27.6 Å². The number of nitrogens with zero attached hydrogens (tertiary/aromatic N) is 2. The summed E-state index contributed by atoms with van der Waals surface area (Å²) in [7, 11) is 0. The Morgan fingerprint density at radius 2 is 1.93 bits per heavy atom. The predicted octanol–water partition coefficient (Wildman–Crippen LogP) is 4.85. The zero-order valence-electron chi connectivity index (χ0n) is 15.6. The Balaban J connectivity index is 1.55. The number of hydrogen-bond acceptors (Lipinski definition) is 4. The van der Waals surface area contributed by atoms with Gasteiger partial charge in [0, 0.05) is 22.7 Å². The molecular weight excluding hydrogens is 338 g/mol. The van der Waals surface area contributed by atoms with E-state index in [-0.39, 0.29) is 17.7 Å². The second-order valence-electron chi connectivity index (χ2n) is 7.67. The van der Waals surface area contributed by atoms with E-state index < -0.39 is 0 Å². The first-order valence-corrected chi connectivity index (χ1v) is 8.94. The molecule has 0 bridgehead atoms. The van der Waals surface area contributed by atoms with Crippen molar-refractivity contribution >= 4 is 33.6 Å². The number of pyridine rings is 1. The number of carbonyl (C=O) groups excluding carboxylic acids is 1. The third kappa shape index (κ3) is 3.53. The van der Waals surface area contributed by atoms with Gasteiger partial charge in [-0.25, -0.2) is 4.98 Å². The van der Waals surface area contributed by atoms with Gasteiger partial charge in [0.2, 0.25) is 11.8 Å². The fourth-order valence-corrected chi connectivity index (χ4v) is 3.01. The lowest BCUT2D eigenvalue weighted by Crippen LogP contribution is -2.14. The predicted molar refractivity (Wildman–Crippen MR) is 107 cm³/mol. The van der Waals surface area contributed by atoms with Crippen LogP contribution in [-0.4, -0.2) is 15.9 Å². The molecular formula is C22H21N3O2. The molecule has 4 rings (SSSR count). The second-order valence-corrected chi connectivity index (χ2v) is 7.67. The van der Waals surface area contributed by atoms with Gasteiger partial charge in [0.15, 0.2) is 5.58 Å². The molecule has 5 nitrogen and oxygen atoms in total. The highest BCUT2D eigenvalue weighted by Crippen LogP contribution is 2.27. The molecule has 0 radical (unpaired) electrons. The number of para-hydroxylation sites is 1. The molecule has 0 aliphatic carbocycles. The van der Waals surface area contributed by atoms with Gasteiger partial charge in [-0.1, -0.05) is 45.0 Å². The largest absolute Gasteiger partial charge is 0.440 e. The van der Waals surface area contributed by atoms with Gasteiger partial charge in [0.1, 0.15) is 5.52 Å². The highest BCUT2D eigenvalue weighted by atomic mass is 16.3. The summed E-state index contributed by atoms with van der Waals surface area (Å²) in [5, 5.41) is 3.98. The maximum atomic E-state index is 12.5. The van der Waals surface area contributed by atoms with Crippen LogP contribution in [0.1, 0.15) is 32.2 Å². The molecule has 2 aromatic heterocycles. The van der Waals surface area contributed by atoms with Gasteiger partial charge in [-0.2, -0.15) is 0 Å². The molecule has 27 heavy (non-hydrogen) atoms. The van der Waals surface area contributed by atoms with Crippen LogP contribution in [0.25, 0.3) is 22.0 Å². The van der Waals surface area contributed by atoms with Gasteiger partial charge >= 0.3 is 0 Å². The number of anilines is 1. The van der Waals surface area contributed by atoms with Crippen molar-refractivity contribution in [2.75, 3.05) is 5.32 Å². The van der Waals surface area contributed by atoms with Crippen LogP contribution in [0.2, 0.25) is 0 Å². The molecule has 0 unspecified atom stereocenters. The van der Waals surface area contributed by atoms with Crippen LogP contribution in [0, 0.1) is 0 Å². The van der Waals surface area contributed by atoms with Crippen LogP contribution in [-0.2, 0) is 16.6 Å². The number of benzene rings is 2. The van der Waals surface area contributed by atoms with E-state index in [1.54, 1.807) is 6.20 Å². The molecule has 0 spiro atoms. The average Bonchev–Trinajstić information content (AvgIpc) is 3.06. The summed E-state index contributed by atoms with van der Waals surface area (Å²) in [5.41, 5.74) is 3.76. The Morgan fingerprint density at radius 3 is 2.74 bits per heavy atom. The van der Waals surface area contributed by atoms with Crippen molar-refractivity contribution in [2.24, 2.45) is 0 Å². The van der Waals surface area contributed by atoms with E-state index in [1.165, 1.54) is 0 Å². The number of fused-ring (bicyclic) bond motifs is 2. The SMILES string of the molecule is CC(C)(C)c1nc2cc(NC(=O)Cc3cccc4cccnc34)ccc2o1. The molecule has 0 aliphatic rings. The van der Waals surface area contributed by atoms with Crippen molar-refractivity contribution in [2.45, 2.75) is 32.6 Å². The molecule has 0 aliphatic heterocycles. The smallest absolute Gasteiger partial charge is 0.228 e. The first-order valence-electron chi connectivity index (χ1n) is 8.94. The lowest BCUT2D eigenvalue weighted by Gasteiger charge is -2.11. The van der Waals surface area contributed by atoms with E-state index in [0.29, 0.717) is 11.6 Å². The quantitative estimate of drug-likeness (QED) is 0.567. The lowest BCUT2D eigenvalue weighted by atomic mass is 9.97. The molecule has 136 valence electrons. The fourth-order valence-electron chi connectivity index (χ4n) is 3.01. The van der Waals surface area contributed by atoms with Crippen LogP contribution in [0.4, 0.5) is 5.69 Å². The third-order valence-electron chi connectivity index (χ3n) is 4.38. The average molecular weight is 359 g/mol. The lowest BCUT2D eigenvalue weighted by molar-refractivity contribution is -0.115. The molecule has 1 amide bonds. The normalized spacial score (nSPS) is 11.8. The molecule has 2 heterocycles. The van der Waals surface area contributed by atoms with Crippen molar-refractivity contribution in [3.8, 4) is 0 Å². The molecule has 2 aromatic carbocycles. The second kappa shape index (κ2) is 6.50. The zero-order valence-corrected chi connectivity index (χ0v) is 15.6. The van der Waals surface area contributed by atoms with E-state index >= 15 is 0 Å². The number of nitrogens with one attached hydrogen (secondary N) is 1. The van der Waals surface area contributed by atoms with E-state index in [4.69, 9.17) is 4.42 Å². The maximum absolute atomic E-state index is 12.5. The van der Waals surface area contributed by atoms with Gasteiger partial charge in [-0.15, -0.1) is 0 Å².